The van der Waals surface area contributed by atoms with Crippen molar-refractivity contribution in [3.63, 3.8) is 0 Å². The maximum Gasteiger partial charge on any atom is 0.242 e. The molecule has 1 saturated heterocycles. The monoisotopic (exact) mass is 326 g/mol. The first kappa shape index (κ1) is 13.6. The van der Waals surface area contributed by atoms with Crippen LogP contribution in [0.4, 0.5) is 0 Å². The van der Waals surface area contributed by atoms with E-state index in [2.05, 4.69) is 20.9 Å². The van der Waals surface area contributed by atoms with Crippen LogP contribution in [0, 0.1) is 0 Å². The Morgan fingerprint density at radius 2 is 2.11 bits per heavy atom. The molecule has 0 bridgehead atoms. The fraction of sp³-hybridized carbons (Fsp3) is 0.385. The van der Waals surface area contributed by atoms with Crippen LogP contribution in [0.3, 0.4) is 0 Å². The number of amides is 1. The molecule has 0 N–H and O–H groups in total. The molecule has 1 atom stereocenters. The smallest absolute Gasteiger partial charge is 0.242 e. The number of carbonyl (C=O) groups is 1. The molecule has 0 spiro atoms. The highest BCUT2D eigenvalue weighted by Crippen LogP contribution is 2.30. The second kappa shape index (κ2) is 6.38. The fourth-order valence-corrected chi connectivity index (χ4v) is 3.74. The molecule has 1 aromatic carbocycles. The summed E-state index contributed by atoms with van der Waals surface area (Å²) in [6, 6.07) is 10.0. The van der Waals surface area contributed by atoms with E-state index in [-0.39, 0.29) is 11.2 Å². The molecule has 1 aliphatic heterocycles. The summed E-state index contributed by atoms with van der Waals surface area (Å²) in [5.74, 6) is 0.170. The second-order valence-corrected chi connectivity index (χ2v) is 5.96. The Morgan fingerprint density at radius 3 is 2.72 bits per heavy atom. The van der Waals surface area contributed by atoms with Gasteiger partial charge in [0.2, 0.25) is 5.91 Å². The summed E-state index contributed by atoms with van der Waals surface area (Å²) in [7, 11) is 1.74. The number of hydrogen-bond donors (Lipinski definition) is 0. The Labute approximate surface area is 120 Å². The molecule has 3 nitrogen and oxygen atoms in total. The van der Waals surface area contributed by atoms with E-state index < -0.39 is 0 Å². The predicted octanol–water partition coefficient (Wildman–Crippen LogP) is 2.90. The Kier molecular flexibility index (Phi) is 4.83. The molecule has 1 aliphatic rings. The molecule has 1 amide bonds. The van der Waals surface area contributed by atoms with Gasteiger partial charge in [0.05, 0.1) is 11.8 Å². The molecule has 0 radical (unpaired) electrons. The topological polar surface area (TPSA) is 32.7 Å². The lowest BCUT2D eigenvalue weighted by atomic mass is 10.2. The summed E-state index contributed by atoms with van der Waals surface area (Å²) < 4.78 is 0. The van der Waals surface area contributed by atoms with Crippen molar-refractivity contribution in [2.24, 2.45) is 4.99 Å². The van der Waals surface area contributed by atoms with Crippen LogP contribution < -0.4 is 0 Å². The Balaban J connectivity index is 2.13. The summed E-state index contributed by atoms with van der Waals surface area (Å²) in [5.41, 5.74) is 1.13. The van der Waals surface area contributed by atoms with E-state index in [9.17, 15) is 4.79 Å². The van der Waals surface area contributed by atoms with Gasteiger partial charge in [-0.05, 0) is 12.0 Å². The third kappa shape index (κ3) is 2.95. The van der Waals surface area contributed by atoms with Gasteiger partial charge in [-0.2, -0.15) is 0 Å². The third-order valence-corrected chi connectivity index (χ3v) is 4.56. The third-order valence-electron chi connectivity index (χ3n) is 2.77. The van der Waals surface area contributed by atoms with Crippen LogP contribution in [0.1, 0.15) is 12.0 Å². The molecule has 0 saturated carbocycles. The van der Waals surface area contributed by atoms with Crippen LogP contribution in [0.15, 0.2) is 35.3 Å². The van der Waals surface area contributed by atoms with Gasteiger partial charge in [-0.25, -0.2) is 0 Å². The minimum Gasteiger partial charge on any atom is -0.286 e. The van der Waals surface area contributed by atoms with Crippen molar-refractivity contribution in [2.75, 3.05) is 12.4 Å². The first-order valence-corrected chi connectivity index (χ1v) is 7.81. The summed E-state index contributed by atoms with van der Waals surface area (Å²) in [4.78, 5) is 18.3. The molecule has 5 heteroatoms. The van der Waals surface area contributed by atoms with Gasteiger partial charge in [-0.3, -0.25) is 14.7 Å². The second-order valence-electron chi connectivity index (χ2n) is 4.00. The molecule has 96 valence electrons. The van der Waals surface area contributed by atoms with E-state index >= 15 is 0 Å². The number of carbonyl (C=O) groups excluding carboxylic acids is 1. The Hall–Kier alpha value is -0.810. The summed E-state index contributed by atoms with van der Waals surface area (Å²) >= 11 is 4.96. The van der Waals surface area contributed by atoms with Crippen molar-refractivity contribution >= 4 is 38.8 Å². The first-order chi connectivity index (χ1) is 8.76. The number of benzene rings is 1. The lowest BCUT2D eigenvalue weighted by Crippen LogP contribution is -2.31. The zero-order valence-corrected chi connectivity index (χ0v) is 12.6. The number of rotatable bonds is 4. The minimum atomic E-state index is 0.00628. The van der Waals surface area contributed by atoms with Gasteiger partial charge in [0.25, 0.3) is 0 Å². The van der Waals surface area contributed by atoms with Gasteiger partial charge >= 0.3 is 0 Å². The van der Waals surface area contributed by atoms with Crippen LogP contribution in [0.25, 0.3) is 0 Å². The highest BCUT2D eigenvalue weighted by molar-refractivity contribution is 9.09. The largest absolute Gasteiger partial charge is 0.286 e. The lowest BCUT2D eigenvalue weighted by Gasteiger charge is -2.16. The normalized spacial score (nSPS) is 21.9. The first-order valence-electron chi connectivity index (χ1n) is 5.81. The van der Waals surface area contributed by atoms with Gasteiger partial charge in [0.1, 0.15) is 0 Å². The molecule has 0 aromatic heterocycles. The van der Waals surface area contributed by atoms with E-state index in [0.29, 0.717) is 6.54 Å². The number of aliphatic imine (C=N–C) groups is 1. The zero-order valence-electron chi connectivity index (χ0n) is 10.2. The van der Waals surface area contributed by atoms with Crippen molar-refractivity contribution in [2.45, 2.75) is 18.2 Å². The molecular formula is C13H15BrN2OS. The van der Waals surface area contributed by atoms with Crippen LogP contribution >= 0.6 is 27.7 Å². The average molecular weight is 327 g/mol. The minimum absolute atomic E-state index is 0.00628. The van der Waals surface area contributed by atoms with E-state index in [4.69, 9.17) is 0 Å². The number of hydrogen-bond acceptors (Lipinski definition) is 3. The molecule has 2 rings (SSSR count). The van der Waals surface area contributed by atoms with Gasteiger partial charge in [0.15, 0.2) is 5.17 Å². The number of thioether (sulfide) groups is 1. The van der Waals surface area contributed by atoms with E-state index in [1.54, 1.807) is 23.7 Å². The summed E-state index contributed by atoms with van der Waals surface area (Å²) in [5, 5.41) is 1.67. The number of halogens is 1. The van der Waals surface area contributed by atoms with Gasteiger partial charge in [0, 0.05) is 12.4 Å². The maximum absolute atomic E-state index is 12.3. The van der Waals surface area contributed by atoms with Gasteiger partial charge in [-0.15, -0.1) is 0 Å². The molecule has 1 unspecified atom stereocenters. The number of nitrogens with zero attached hydrogens (tertiary/aromatic N) is 2. The SMILES string of the molecule is C/N=C1/SC(CCBr)C(=O)N1Cc1ccccc1. The lowest BCUT2D eigenvalue weighted by molar-refractivity contribution is -0.126. The fourth-order valence-electron chi connectivity index (χ4n) is 1.88. The average Bonchev–Trinajstić information content (AvgIpc) is 2.69. The quantitative estimate of drug-likeness (QED) is 0.797. The van der Waals surface area contributed by atoms with Crippen LogP contribution in [-0.2, 0) is 11.3 Å². The van der Waals surface area contributed by atoms with E-state index in [1.165, 1.54) is 0 Å². The highest BCUT2D eigenvalue weighted by Gasteiger charge is 2.36. The molecule has 0 aliphatic carbocycles. The van der Waals surface area contributed by atoms with Crippen molar-refractivity contribution in [3.8, 4) is 0 Å². The van der Waals surface area contributed by atoms with Gasteiger partial charge in [-0.1, -0.05) is 58.0 Å². The Bertz CT molecular complexity index is 450. The van der Waals surface area contributed by atoms with Crippen LogP contribution in [0.2, 0.25) is 0 Å². The molecular weight excluding hydrogens is 312 g/mol. The van der Waals surface area contributed by atoms with E-state index in [0.717, 1.165) is 22.5 Å². The van der Waals surface area contributed by atoms with E-state index in [1.807, 2.05) is 30.3 Å². The van der Waals surface area contributed by atoms with Crippen LogP contribution in [-0.4, -0.2) is 33.6 Å². The van der Waals surface area contributed by atoms with Crippen molar-refractivity contribution in [3.05, 3.63) is 35.9 Å². The number of alkyl halides is 1. The maximum atomic E-state index is 12.3. The molecule has 1 aromatic rings. The number of amidine groups is 1. The summed E-state index contributed by atoms with van der Waals surface area (Å²) in [6.45, 7) is 0.609. The van der Waals surface area contributed by atoms with Crippen LogP contribution in [0.5, 0.6) is 0 Å². The van der Waals surface area contributed by atoms with Crippen molar-refractivity contribution in [1.29, 1.82) is 0 Å². The van der Waals surface area contributed by atoms with Crippen molar-refractivity contribution < 1.29 is 4.79 Å². The standard InChI is InChI=1S/C13H15BrN2OS/c1-15-13-16(9-10-5-3-2-4-6-10)12(17)11(18-13)7-8-14/h2-6,11H,7-9H2,1H3/b15-13+. The Morgan fingerprint density at radius 1 is 1.39 bits per heavy atom. The molecule has 18 heavy (non-hydrogen) atoms. The predicted molar refractivity (Wildman–Crippen MR) is 80.1 cm³/mol. The van der Waals surface area contributed by atoms with Gasteiger partial charge < -0.3 is 0 Å². The summed E-state index contributed by atoms with van der Waals surface area (Å²) in [6.07, 6.45) is 0.841. The molecule has 1 fully saturated rings. The van der Waals surface area contributed by atoms with Crippen molar-refractivity contribution in [1.82, 2.24) is 4.90 Å². The zero-order chi connectivity index (χ0) is 13.0. The molecule has 1 heterocycles. The highest BCUT2D eigenvalue weighted by atomic mass is 79.9.